The zero-order valence-electron chi connectivity index (χ0n) is 9.24. The quantitative estimate of drug-likeness (QED) is 0.724. The molecule has 1 N–H and O–H groups in total. The molecule has 0 aliphatic heterocycles. The van der Waals surface area contributed by atoms with Crippen LogP contribution in [0.3, 0.4) is 0 Å². The van der Waals surface area contributed by atoms with E-state index < -0.39 is 0 Å². The molecule has 1 fully saturated rings. The summed E-state index contributed by atoms with van der Waals surface area (Å²) in [5, 5.41) is 9.77. The van der Waals surface area contributed by atoms with E-state index in [1.54, 1.807) is 0 Å². The standard InChI is InChI=1S/C13H20O2/c14-12-8-4-3-7-11(12)13(15)9-10-5-1-2-6-10/h5,11-12,14H,1-4,6-9H2/t11-,12-/m0/s1. The van der Waals surface area contributed by atoms with E-state index in [1.165, 1.54) is 12.0 Å². The van der Waals surface area contributed by atoms with Gasteiger partial charge >= 0.3 is 0 Å². The number of ketones is 1. The van der Waals surface area contributed by atoms with Gasteiger partial charge in [0, 0.05) is 12.3 Å². The van der Waals surface area contributed by atoms with Gasteiger partial charge in [-0.15, -0.1) is 0 Å². The predicted molar refractivity (Wildman–Crippen MR) is 59.5 cm³/mol. The van der Waals surface area contributed by atoms with Gasteiger partial charge in [0.2, 0.25) is 0 Å². The summed E-state index contributed by atoms with van der Waals surface area (Å²) in [6, 6.07) is 0. The molecule has 2 heteroatoms. The second kappa shape index (κ2) is 4.93. The summed E-state index contributed by atoms with van der Waals surface area (Å²) in [4.78, 5) is 12.0. The fourth-order valence-corrected chi connectivity index (χ4v) is 2.74. The van der Waals surface area contributed by atoms with Gasteiger partial charge in [0.15, 0.2) is 0 Å². The Bertz CT molecular complexity index is 268. The Balaban J connectivity index is 1.88. The molecular weight excluding hydrogens is 188 g/mol. The monoisotopic (exact) mass is 208 g/mol. The van der Waals surface area contributed by atoms with Crippen molar-refractivity contribution < 1.29 is 9.90 Å². The number of rotatable bonds is 3. The Kier molecular flexibility index (Phi) is 3.57. The van der Waals surface area contributed by atoms with E-state index >= 15 is 0 Å². The second-order valence-electron chi connectivity index (χ2n) is 4.86. The average Bonchev–Trinajstić information content (AvgIpc) is 2.71. The topological polar surface area (TPSA) is 37.3 Å². The van der Waals surface area contributed by atoms with E-state index in [4.69, 9.17) is 0 Å². The first-order valence-electron chi connectivity index (χ1n) is 6.16. The summed E-state index contributed by atoms with van der Waals surface area (Å²) in [5.74, 6) is 0.204. The third-order valence-corrected chi connectivity index (χ3v) is 3.68. The summed E-state index contributed by atoms with van der Waals surface area (Å²) in [5.41, 5.74) is 1.30. The van der Waals surface area contributed by atoms with Crippen LogP contribution in [0.1, 0.15) is 51.4 Å². The number of Topliss-reactive ketones (excluding diaryl/α,β-unsaturated/α-hetero) is 1. The molecule has 0 bridgehead atoms. The van der Waals surface area contributed by atoms with E-state index in [2.05, 4.69) is 6.08 Å². The Hall–Kier alpha value is -0.630. The van der Waals surface area contributed by atoms with Crippen molar-refractivity contribution in [3.05, 3.63) is 11.6 Å². The van der Waals surface area contributed by atoms with E-state index in [0.29, 0.717) is 6.42 Å². The first-order chi connectivity index (χ1) is 7.27. The van der Waals surface area contributed by atoms with Gasteiger partial charge < -0.3 is 5.11 Å². The third kappa shape index (κ3) is 2.69. The molecule has 0 amide bonds. The molecule has 0 heterocycles. The average molecular weight is 208 g/mol. The van der Waals surface area contributed by atoms with Gasteiger partial charge in [-0.1, -0.05) is 24.5 Å². The second-order valence-corrected chi connectivity index (χ2v) is 4.86. The van der Waals surface area contributed by atoms with Crippen molar-refractivity contribution in [3.63, 3.8) is 0 Å². The molecule has 0 radical (unpaired) electrons. The maximum atomic E-state index is 12.0. The van der Waals surface area contributed by atoms with Crippen LogP contribution in [0.4, 0.5) is 0 Å². The molecule has 2 nitrogen and oxygen atoms in total. The summed E-state index contributed by atoms with van der Waals surface area (Å²) in [7, 11) is 0. The summed E-state index contributed by atoms with van der Waals surface area (Å²) in [6.07, 6.45) is 9.76. The first kappa shape index (κ1) is 10.9. The Labute approximate surface area is 91.4 Å². The number of aliphatic hydroxyl groups excluding tert-OH is 1. The smallest absolute Gasteiger partial charge is 0.142 e. The van der Waals surface area contributed by atoms with Crippen LogP contribution in [0.5, 0.6) is 0 Å². The van der Waals surface area contributed by atoms with Gasteiger partial charge in [0.25, 0.3) is 0 Å². The molecule has 0 saturated heterocycles. The minimum Gasteiger partial charge on any atom is -0.392 e. The molecule has 0 aromatic heterocycles. The van der Waals surface area contributed by atoms with Crippen LogP contribution in [0.2, 0.25) is 0 Å². The molecule has 2 aliphatic carbocycles. The molecule has 0 spiro atoms. The van der Waals surface area contributed by atoms with Crippen molar-refractivity contribution in [3.8, 4) is 0 Å². The van der Waals surface area contributed by atoms with Gasteiger partial charge in [-0.05, 0) is 32.1 Å². The number of hydrogen-bond donors (Lipinski definition) is 1. The van der Waals surface area contributed by atoms with E-state index in [0.717, 1.165) is 38.5 Å². The molecule has 2 atom stereocenters. The number of allylic oxidation sites excluding steroid dienone is 2. The molecule has 84 valence electrons. The van der Waals surface area contributed by atoms with Crippen LogP contribution >= 0.6 is 0 Å². The molecule has 2 aliphatic rings. The molecule has 0 aromatic rings. The van der Waals surface area contributed by atoms with Crippen molar-refractivity contribution >= 4 is 5.78 Å². The van der Waals surface area contributed by atoms with E-state index in [9.17, 15) is 9.90 Å². The minimum atomic E-state index is -0.367. The maximum absolute atomic E-state index is 12.0. The largest absolute Gasteiger partial charge is 0.392 e. The van der Waals surface area contributed by atoms with Crippen molar-refractivity contribution in [2.75, 3.05) is 0 Å². The summed E-state index contributed by atoms with van der Waals surface area (Å²) < 4.78 is 0. The van der Waals surface area contributed by atoms with Gasteiger partial charge in [-0.3, -0.25) is 4.79 Å². The van der Waals surface area contributed by atoms with Gasteiger partial charge in [0.1, 0.15) is 5.78 Å². The van der Waals surface area contributed by atoms with Crippen molar-refractivity contribution in [1.29, 1.82) is 0 Å². The maximum Gasteiger partial charge on any atom is 0.142 e. The molecular formula is C13H20O2. The number of hydrogen-bond acceptors (Lipinski definition) is 2. The van der Waals surface area contributed by atoms with Crippen molar-refractivity contribution in [2.45, 2.75) is 57.5 Å². The molecule has 0 unspecified atom stereocenters. The van der Waals surface area contributed by atoms with Gasteiger partial charge in [0.05, 0.1) is 6.10 Å². The number of aliphatic hydroxyl groups is 1. The predicted octanol–water partition coefficient (Wildman–Crippen LogP) is 2.61. The summed E-state index contributed by atoms with van der Waals surface area (Å²) in [6.45, 7) is 0. The van der Waals surface area contributed by atoms with Crippen LogP contribution < -0.4 is 0 Å². The van der Waals surface area contributed by atoms with Crippen molar-refractivity contribution in [1.82, 2.24) is 0 Å². The van der Waals surface area contributed by atoms with Crippen LogP contribution in [0, 0.1) is 5.92 Å². The highest BCUT2D eigenvalue weighted by atomic mass is 16.3. The lowest BCUT2D eigenvalue weighted by Gasteiger charge is -2.26. The number of carbonyl (C=O) groups is 1. The summed E-state index contributed by atoms with van der Waals surface area (Å²) >= 11 is 0. The normalized spacial score (nSPS) is 31.4. The van der Waals surface area contributed by atoms with E-state index in [-0.39, 0.29) is 17.8 Å². The lowest BCUT2D eigenvalue weighted by atomic mass is 9.82. The highest BCUT2D eigenvalue weighted by Gasteiger charge is 2.29. The third-order valence-electron chi connectivity index (χ3n) is 3.68. The highest BCUT2D eigenvalue weighted by Crippen LogP contribution is 2.29. The fourth-order valence-electron chi connectivity index (χ4n) is 2.74. The van der Waals surface area contributed by atoms with Gasteiger partial charge in [-0.2, -0.15) is 0 Å². The lowest BCUT2D eigenvalue weighted by Crippen LogP contribution is -2.31. The Morgan fingerprint density at radius 3 is 2.80 bits per heavy atom. The van der Waals surface area contributed by atoms with Crippen LogP contribution in [-0.4, -0.2) is 17.0 Å². The number of carbonyl (C=O) groups excluding carboxylic acids is 1. The fraction of sp³-hybridized carbons (Fsp3) is 0.769. The highest BCUT2D eigenvalue weighted by molar-refractivity contribution is 5.83. The Morgan fingerprint density at radius 2 is 2.13 bits per heavy atom. The first-order valence-corrected chi connectivity index (χ1v) is 6.16. The van der Waals surface area contributed by atoms with Crippen molar-refractivity contribution in [2.24, 2.45) is 5.92 Å². The zero-order valence-corrected chi connectivity index (χ0v) is 9.24. The SMILES string of the molecule is O=C(CC1=CCCC1)[C@H]1CCCC[C@@H]1O. The van der Waals surface area contributed by atoms with Gasteiger partial charge in [-0.25, -0.2) is 0 Å². The zero-order chi connectivity index (χ0) is 10.7. The molecule has 15 heavy (non-hydrogen) atoms. The van der Waals surface area contributed by atoms with Crippen LogP contribution in [0.15, 0.2) is 11.6 Å². The molecule has 2 rings (SSSR count). The lowest BCUT2D eigenvalue weighted by molar-refractivity contribution is -0.127. The van der Waals surface area contributed by atoms with Crippen LogP contribution in [-0.2, 0) is 4.79 Å². The minimum absolute atomic E-state index is 0.0692. The Morgan fingerprint density at radius 1 is 1.33 bits per heavy atom. The molecule has 1 saturated carbocycles. The van der Waals surface area contributed by atoms with E-state index in [1.807, 2.05) is 0 Å². The molecule has 0 aromatic carbocycles. The van der Waals surface area contributed by atoms with Crippen LogP contribution in [0.25, 0.3) is 0 Å².